The molecule has 0 aliphatic carbocycles. The summed E-state index contributed by atoms with van der Waals surface area (Å²) >= 11 is 0. The number of hydrogen-bond donors (Lipinski definition) is 2. The first-order valence-corrected chi connectivity index (χ1v) is 11.6. The SMILES string of the molecule is Cc1cc(-c2ncc3cc(C(F)(F)F)ccc3n2)ccc1N1CCOc2c(n(Cc3nn[nH]n3)[nH]c2=O)C1. The van der Waals surface area contributed by atoms with Gasteiger partial charge in [-0.25, -0.2) is 9.97 Å². The van der Waals surface area contributed by atoms with Gasteiger partial charge in [0.05, 0.1) is 24.2 Å². The zero-order valence-corrected chi connectivity index (χ0v) is 20.0. The van der Waals surface area contributed by atoms with Crippen molar-refractivity contribution in [2.45, 2.75) is 26.2 Å². The molecule has 38 heavy (non-hydrogen) atoms. The lowest BCUT2D eigenvalue weighted by Gasteiger charge is -2.25. The van der Waals surface area contributed by atoms with E-state index in [-0.39, 0.29) is 17.9 Å². The van der Waals surface area contributed by atoms with Crippen LogP contribution < -0.4 is 15.2 Å². The molecule has 0 saturated heterocycles. The van der Waals surface area contributed by atoms with Crippen LogP contribution in [0.15, 0.2) is 47.4 Å². The molecule has 5 aromatic rings. The van der Waals surface area contributed by atoms with Crippen molar-refractivity contribution in [3.63, 3.8) is 0 Å². The minimum absolute atomic E-state index is 0.222. The van der Waals surface area contributed by atoms with Crippen LogP contribution in [0, 0.1) is 6.92 Å². The second kappa shape index (κ2) is 8.97. The van der Waals surface area contributed by atoms with E-state index in [2.05, 4.69) is 40.6 Å². The van der Waals surface area contributed by atoms with E-state index in [9.17, 15) is 18.0 Å². The van der Waals surface area contributed by atoms with Gasteiger partial charge in [-0.2, -0.15) is 18.4 Å². The normalized spacial score (nSPS) is 13.8. The number of nitrogens with one attached hydrogen (secondary N) is 2. The molecule has 4 heterocycles. The van der Waals surface area contributed by atoms with Crippen LogP contribution >= 0.6 is 0 Å². The molecular weight excluding hydrogens is 503 g/mol. The highest BCUT2D eigenvalue weighted by Gasteiger charge is 2.30. The molecule has 0 fully saturated rings. The van der Waals surface area contributed by atoms with Crippen molar-refractivity contribution >= 4 is 16.6 Å². The fraction of sp³-hybridized carbons (Fsp3) is 0.250. The molecule has 2 N–H and O–H groups in total. The number of fused-ring (bicyclic) bond motifs is 2. The Morgan fingerprint density at radius 1 is 1.16 bits per heavy atom. The van der Waals surface area contributed by atoms with Gasteiger partial charge < -0.3 is 9.64 Å². The molecule has 1 aliphatic rings. The van der Waals surface area contributed by atoms with Gasteiger partial charge in [0.15, 0.2) is 11.6 Å². The maximum absolute atomic E-state index is 13.0. The van der Waals surface area contributed by atoms with Crippen molar-refractivity contribution in [3.8, 4) is 17.1 Å². The van der Waals surface area contributed by atoms with Gasteiger partial charge in [0, 0.05) is 22.8 Å². The molecule has 0 atom stereocenters. The Kier molecular flexibility index (Phi) is 5.58. The van der Waals surface area contributed by atoms with Crippen LogP contribution in [0.5, 0.6) is 5.75 Å². The number of nitrogens with zero attached hydrogens (tertiary/aromatic N) is 7. The first-order valence-electron chi connectivity index (χ1n) is 11.6. The third kappa shape index (κ3) is 4.33. The fourth-order valence-electron chi connectivity index (χ4n) is 4.55. The lowest BCUT2D eigenvalue weighted by Crippen LogP contribution is -2.27. The smallest absolute Gasteiger partial charge is 0.416 e. The van der Waals surface area contributed by atoms with Crippen molar-refractivity contribution in [2.24, 2.45) is 0 Å². The predicted molar refractivity (Wildman–Crippen MR) is 130 cm³/mol. The van der Waals surface area contributed by atoms with Crippen LogP contribution in [0.3, 0.4) is 0 Å². The van der Waals surface area contributed by atoms with Gasteiger partial charge in [-0.1, -0.05) is 5.21 Å². The van der Waals surface area contributed by atoms with Crippen LogP contribution in [0.4, 0.5) is 18.9 Å². The maximum atomic E-state index is 13.0. The van der Waals surface area contributed by atoms with Crippen molar-refractivity contribution < 1.29 is 17.9 Å². The van der Waals surface area contributed by atoms with E-state index in [0.29, 0.717) is 47.9 Å². The second-order valence-corrected chi connectivity index (χ2v) is 8.87. The summed E-state index contributed by atoms with van der Waals surface area (Å²) in [4.78, 5) is 23.4. The highest BCUT2D eigenvalue weighted by molar-refractivity contribution is 5.80. The number of aromatic nitrogens is 8. The number of ether oxygens (including phenoxy) is 1. The molecule has 0 saturated carbocycles. The van der Waals surface area contributed by atoms with E-state index in [1.165, 1.54) is 12.3 Å². The minimum atomic E-state index is -4.43. The number of aromatic amines is 2. The van der Waals surface area contributed by atoms with Gasteiger partial charge in [0.1, 0.15) is 18.8 Å². The van der Waals surface area contributed by atoms with E-state index >= 15 is 0 Å². The van der Waals surface area contributed by atoms with E-state index in [1.54, 1.807) is 4.68 Å². The van der Waals surface area contributed by atoms with Crippen molar-refractivity contribution in [3.05, 3.63) is 75.6 Å². The number of alkyl halides is 3. The Morgan fingerprint density at radius 3 is 2.79 bits per heavy atom. The summed E-state index contributed by atoms with van der Waals surface area (Å²) in [5.41, 5.74) is 2.62. The zero-order chi connectivity index (χ0) is 26.4. The molecule has 0 unspecified atom stereocenters. The summed E-state index contributed by atoms with van der Waals surface area (Å²) in [5, 5.41) is 16.9. The molecule has 2 aromatic carbocycles. The molecular formula is C24H20F3N9O2. The highest BCUT2D eigenvalue weighted by Crippen LogP contribution is 2.32. The fourth-order valence-corrected chi connectivity index (χ4v) is 4.55. The number of tetrazole rings is 1. The largest absolute Gasteiger partial charge is 0.485 e. The Hall–Kier alpha value is -4.75. The van der Waals surface area contributed by atoms with E-state index < -0.39 is 11.7 Å². The van der Waals surface area contributed by atoms with Gasteiger partial charge >= 0.3 is 11.7 Å². The summed E-state index contributed by atoms with van der Waals surface area (Å²) in [5.74, 6) is 1.09. The highest BCUT2D eigenvalue weighted by atomic mass is 19.4. The third-order valence-corrected chi connectivity index (χ3v) is 6.37. The van der Waals surface area contributed by atoms with Crippen LogP contribution in [0.2, 0.25) is 0 Å². The quantitative estimate of drug-likeness (QED) is 0.368. The molecule has 6 rings (SSSR count). The van der Waals surface area contributed by atoms with Gasteiger partial charge in [0.25, 0.3) is 0 Å². The van der Waals surface area contributed by atoms with Crippen molar-refractivity contribution in [1.82, 2.24) is 40.4 Å². The number of aryl methyl sites for hydroxylation is 1. The molecule has 3 aromatic heterocycles. The second-order valence-electron chi connectivity index (χ2n) is 8.87. The van der Waals surface area contributed by atoms with Crippen molar-refractivity contribution in [1.29, 1.82) is 0 Å². The average Bonchev–Trinajstić information content (AvgIpc) is 3.43. The Morgan fingerprint density at radius 2 is 2.03 bits per heavy atom. The Bertz CT molecular complexity index is 1690. The van der Waals surface area contributed by atoms with Crippen LogP contribution in [-0.4, -0.2) is 53.5 Å². The summed E-state index contributed by atoms with van der Waals surface area (Å²) in [6, 6.07) is 9.14. The topological polar surface area (TPSA) is 130 Å². The van der Waals surface area contributed by atoms with E-state index in [4.69, 9.17) is 4.74 Å². The van der Waals surface area contributed by atoms with Crippen LogP contribution in [0.1, 0.15) is 22.6 Å². The number of hydrogen-bond acceptors (Lipinski definition) is 8. The van der Waals surface area contributed by atoms with Crippen LogP contribution in [-0.2, 0) is 19.3 Å². The van der Waals surface area contributed by atoms with Gasteiger partial charge in [-0.05, 0) is 48.9 Å². The summed E-state index contributed by atoms with van der Waals surface area (Å²) in [6.07, 6.45) is -3.03. The van der Waals surface area contributed by atoms with Crippen LogP contribution in [0.25, 0.3) is 22.3 Å². The number of H-pyrrole nitrogens is 2. The molecule has 0 spiro atoms. The molecule has 0 bridgehead atoms. The van der Waals surface area contributed by atoms with Crippen molar-refractivity contribution in [2.75, 3.05) is 18.1 Å². The molecule has 14 heteroatoms. The number of halogens is 3. The van der Waals surface area contributed by atoms with Gasteiger partial charge in [-0.15, -0.1) is 10.2 Å². The Labute approximate surface area is 212 Å². The molecule has 1 aliphatic heterocycles. The lowest BCUT2D eigenvalue weighted by molar-refractivity contribution is -0.137. The summed E-state index contributed by atoms with van der Waals surface area (Å²) in [6.45, 7) is 3.44. The van der Waals surface area contributed by atoms with Gasteiger partial charge in [0.2, 0.25) is 5.75 Å². The predicted octanol–water partition coefficient (Wildman–Crippen LogP) is 3.07. The first kappa shape index (κ1) is 23.6. The van der Waals surface area contributed by atoms with E-state index in [1.807, 2.05) is 25.1 Å². The maximum Gasteiger partial charge on any atom is 0.416 e. The number of anilines is 1. The molecule has 0 amide bonds. The monoisotopic (exact) mass is 523 g/mol. The first-order chi connectivity index (χ1) is 18.3. The minimum Gasteiger partial charge on any atom is -0.485 e. The molecule has 194 valence electrons. The Balaban J connectivity index is 1.29. The zero-order valence-electron chi connectivity index (χ0n) is 20.0. The number of benzene rings is 2. The summed E-state index contributed by atoms with van der Waals surface area (Å²) < 4.78 is 46.5. The summed E-state index contributed by atoms with van der Waals surface area (Å²) in [7, 11) is 0. The number of rotatable bonds is 4. The van der Waals surface area contributed by atoms with Gasteiger partial charge in [-0.3, -0.25) is 14.6 Å². The lowest BCUT2D eigenvalue weighted by atomic mass is 10.1. The van der Waals surface area contributed by atoms with E-state index in [0.717, 1.165) is 28.9 Å². The third-order valence-electron chi connectivity index (χ3n) is 6.37. The standard InChI is InChI=1S/C24H20F3N9O2/c1-13-8-14(22-28-10-15-9-16(24(25,26)27)3-4-17(15)29-22)2-5-18(13)35-6-7-38-21-19(11-35)36(32-23(21)37)12-20-30-33-34-31-20/h2-5,8-10H,6-7,11-12H2,1H3,(H,32,37)(H,30,31,33,34). The molecule has 11 nitrogen and oxygen atoms in total. The molecule has 0 radical (unpaired) electrons. The average molecular weight is 523 g/mol.